The van der Waals surface area contributed by atoms with Crippen molar-refractivity contribution in [1.82, 2.24) is 15.0 Å². The minimum absolute atomic E-state index is 0.262. The first-order valence-electron chi connectivity index (χ1n) is 7.48. The van der Waals surface area contributed by atoms with Gasteiger partial charge in [-0.05, 0) is 50.1 Å². The number of aromatic nitrogens is 3. The lowest BCUT2D eigenvalue weighted by Gasteiger charge is -2.17. The van der Waals surface area contributed by atoms with Crippen molar-refractivity contribution in [2.24, 2.45) is 0 Å². The van der Waals surface area contributed by atoms with Gasteiger partial charge in [-0.3, -0.25) is 0 Å². The molecule has 2 rings (SSSR count). The van der Waals surface area contributed by atoms with E-state index in [9.17, 15) is 0 Å². The molecule has 2 aromatic rings. The Morgan fingerprint density at radius 2 is 1.91 bits per heavy atom. The van der Waals surface area contributed by atoms with Gasteiger partial charge in [0.2, 0.25) is 11.9 Å². The summed E-state index contributed by atoms with van der Waals surface area (Å²) in [6, 6.07) is 9.06. The zero-order valence-corrected chi connectivity index (χ0v) is 14.2. The van der Waals surface area contributed by atoms with Crippen LogP contribution in [0.25, 0.3) is 0 Å². The second-order valence-corrected chi connectivity index (χ2v) is 6.08. The van der Waals surface area contributed by atoms with Crippen LogP contribution in [-0.2, 0) is 6.42 Å². The van der Waals surface area contributed by atoms with Crippen LogP contribution in [0.3, 0.4) is 0 Å². The second kappa shape index (κ2) is 7.98. The number of anilines is 2. The van der Waals surface area contributed by atoms with Crippen LogP contribution in [-0.4, -0.2) is 27.2 Å². The third kappa shape index (κ3) is 4.87. The summed E-state index contributed by atoms with van der Waals surface area (Å²) >= 11 is 1.76. The van der Waals surface area contributed by atoms with Gasteiger partial charge in [0.25, 0.3) is 0 Å². The number of nitrogens with one attached hydrogen (secondary N) is 1. The predicted molar refractivity (Wildman–Crippen MR) is 93.2 cm³/mol. The molecule has 1 aromatic heterocycles. The molecule has 22 heavy (non-hydrogen) atoms. The van der Waals surface area contributed by atoms with Gasteiger partial charge in [0.05, 0.1) is 0 Å². The number of thioether (sulfide) groups is 1. The number of benzene rings is 1. The van der Waals surface area contributed by atoms with Gasteiger partial charge in [-0.2, -0.15) is 15.0 Å². The third-order valence-corrected chi connectivity index (χ3v) is 4.27. The van der Waals surface area contributed by atoms with E-state index in [0.717, 1.165) is 19.3 Å². The number of nitrogens with two attached hydrogens (primary N) is 1. The van der Waals surface area contributed by atoms with E-state index >= 15 is 0 Å². The highest BCUT2D eigenvalue weighted by molar-refractivity contribution is 7.98. The zero-order valence-electron chi connectivity index (χ0n) is 13.3. The van der Waals surface area contributed by atoms with Gasteiger partial charge in [-0.1, -0.05) is 19.1 Å². The Morgan fingerprint density at radius 1 is 1.18 bits per heavy atom. The number of hydrogen-bond acceptors (Lipinski definition) is 6. The number of aryl methyl sites for hydroxylation is 2. The summed E-state index contributed by atoms with van der Waals surface area (Å²) in [6.45, 7) is 3.98. The molecule has 0 saturated heterocycles. The maximum atomic E-state index is 5.66. The molecule has 6 heteroatoms. The van der Waals surface area contributed by atoms with Gasteiger partial charge in [-0.15, -0.1) is 11.8 Å². The molecule has 3 N–H and O–H groups in total. The number of rotatable bonds is 7. The fourth-order valence-corrected chi connectivity index (χ4v) is 2.67. The summed E-state index contributed by atoms with van der Waals surface area (Å²) in [4.78, 5) is 13.7. The van der Waals surface area contributed by atoms with Crippen molar-refractivity contribution in [3.05, 3.63) is 35.7 Å². The minimum Gasteiger partial charge on any atom is -0.368 e. The van der Waals surface area contributed by atoms with Gasteiger partial charge in [-0.25, -0.2) is 0 Å². The van der Waals surface area contributed by atoms with Crippen molar-refractivity contribution in [1.29, 1.82) is 0 Å². The van der Waals surface area contributed by atoms with Gasteiger partial charge < -0.3 is 11.1 Å². The Labute approximate surface area is 136 Å². The van der Waals surface area contributed by atoms with Crippen LogP contribution in [0.1, 0.15) is 31.2 Å². The van der Waals surface area contributed by atoms with E-state index in [1.165, 1.54) is 10.5 Å². The van der Waals surface area contributed by atoms with Crippen molar-refractivity contribution in [3.8, 4) is 0 Å². The molecule has 0 amide bonds. The molecule has 5 nitrogen and oxygen atoms in total. The molecule has 0 aliphatic carbocycles. The molecule has 0 fully saturated rings. The molecule has 0 aliphatic heterocycles. The number of hydrogen-bond donors (Lipinski definition) is 2. The zero-order chi connectivity index (χ0) is 15.9. The Kier molecular flexibility index (Phi) is 6.00. The van der Waals surface area contributed by atoms with E-state index in [4.69, 9.17) is 5.73 Å². The lowest BCUT2D eigenvalue weighted by atomic mass is 10.0. The van der Waals surface area contributed by atoms with Crippen molar-refractivity contribution in [2.45, 2.75) is 44.0 Å². The summed E-state index contributed by atoms with van der Waals surface area (Å²) in [7, 11) is 0. The second-order valence-electron chi connectivity index (χ2n) is 5.20. The highest BCUT2D eigenvalue weighted by Gasteiger charge is 2.09. The Morgan fingerprint density at radius 3 is 2.50 bits per heavy atom. The van der Waals surface area contributed by atoms with E-state index in [1.54, 1.807) is 11.8 Å². The maximum Gasteiger partial charge on any atom is 0.227 e. The summed E-state index contributed by atoms with van der Waals surface area (Å²) in [5.41, 5.74) is 7.02. The van der Waals surface area contributed by atoms with Crippen LogP contribution in [0.15, 0.2) is 29.2 Å². The molecule has 1 atom stereocenters. The topological polar surface area (TPSA) is 76.7 Å². The highest BCUT2D eigenvalue weighted by Crippen LogP contribution is 2.17. The van der Waals surface area contributed by atoms with Gasteiger partial charge >= 0.3 is 0 Å². The van der Waals surface area contributed by atoms with E-state index < -0.39 is 0 Å². The van der Waals surface area contributed by atoms with Crippen LogP contribution in [0.5, 0.6) is 0 Å². The maximum absolute atomic E-state index is 5.66. The number of nitrogens with zero attached hydrogens (tertiary/aromatic N) is 3. The van der Waals surface area contributed by atoms with Crippen LogP contribution in [0, 0.1) is 6.92 Å². The summed E-state index contributed by atoms with van der Waals surface area (Å²) < 4.78 is 0. The molecule has 1 heterocycles. The lowest BCUT2D eigenvalue weighted by Crippen LogP contribution is -2.21. The fraction of sp³-hybridized carbons (Fsp3) is 0.438. The predicted octanol–water partition coefficient (Wildman–Crippen LogP) is 3.31. The molecule has 0 spiro atoms. The van der Waals surface area contributed by atoms with Crippen LogP contribution in [0.2, 0.25) is 0 Å². The summed E-state index contributed by atoms with van der Waals surface area (Å²) in [5, 5.41) is 3.36. The number of nitrogen functional groups attached to an aromatic ring is 1. The molecule has 0 radical (unpaired) electrons. The average Bonchev–Trinajstić information content (AvgIpc) is 2.51. The molecule has 0 saturated carbocycles. The van der Waals surface area contributed by atoms with Crippen molar-refractivity contribution >= 4 is 23.7 Å². The van der Waals surface area contributed by atoms with Crippen LogP contribution in [0.4, 0.5) is 11.9 Å². The molecule has 0 aliphatic rings. The molecule has 0 bridgehead atoms. The molecule has 118 valence electrons. The minimum atomic E-state index is 0.262. The fourth-order valence-electron chi connectivity index (χ4n) is 2.26. The Bertz CT molecular complexity index is 580. The molecule has 1 unspecified atom stereocenters. The molecule has 1 aromatic carbocycles. The molecular formula is C16H23N5S. The van der Waals surface area contributed by atoms with Crippen molar-refractivity contribution in [3.63, 3.8) is 0 Å². The van der Waals surface area contributed by atoms with Crippen molar-refractivity contribution in [2.75, 3.05) is 17.3 Å². The first-order valence-corrected chi connectivity index (χ1v) is 8.70. The van der Waals surface area contributed by atoms with E-state index in [-0.39, 0.29) is 5.95 Å². The van der Waals surface area contributed by atoms with Crippen molar-refractivity contribution < 1.29 is 0 Å². The van der Waals surface area contributed by atoms with Gasteiger partial charge in [0, 0.05) is 10.9 Å². The lowest BCUT2D eigenvalue weighted by molar-refractivity contribution is 0.627. The standard InChI is InChI=1S/C16H23N5S/c1-4-13(20-16-19-11(2)18-15(17)21-16)8-5-12-6-9-14(22-3)10-7-12/h6-7,9-10,13H,4-5,8H2,1-3H3,(H3,17,18,19,20,21). The monoisotopic (exact) mass is 317 g/mol. The van der Waals surface area contributed by atoms with Gasteiger partial charge in [0.1, 0.15) is 5.82 Å². The Hall–Kier alpha value is -1.82. The SMILES string of the molecule is CCC(CCc1ccc(SC)cc1)Nc1nc(C)nc(N)n1. The van der Waals surface area contributed by atoms with Crippen LogP contribution >= 0.6 is 11.8 Å². The molecular weight excluding hydrogens is 294 g/mol. The summed E-state index contributed by atoms with van der Waals surface area (Å²) in [5.74, 6) is 1.46. The summed E-state index contributed by atoms with van der Waals surface area (Å²) in [6.07, 6.45) is 5.15. The Balaban J connectivity index is 1.93. The normalized spacial score (nSPS) is 12.1. The highest BCUT2D eigenvalue weighted by atomic mass is 32.2. The van der Waals surface area contributed by atoms with E-state index in [0.29, 0.717) is 17.8 Å². The largest absolute Gasteiger partial charge is 0.368 e. The smallest absolute Gasteiger partial charge is 0.227 e. The van der Waals surface area contributed by atoms with Crippen LogP contribution < -0.4 is 11.1 Å². The average molecular weight is 317 g/mol. The first-order chi connectivity index (χ1) is 10.6. The van der Waals surface area contributed by atoms with Gasteiger partial charge in [0.15, 0.2) is 0 Å². The van der Waals surface area contributed by atoms with E-state index in [2.05, 4.69) is 57.7 Å². The third-order valence-electron chi connectivity index (χ3n) is 3.53. The first kappa shape index (κ1) is 16.5. The quantitative estimate of drug-likeness (QED) is 0.763. The van der Waals surface area contributed by atoms with E-state index in [1.807, 2.05) is 6.92 Å².